The van der Waals surface area contributed by atoms with Crippen LogP contribution in [0.25, 0.3) is 0 Å². The predicted octanol–water partition coefficient (Wildman–Crippen LogP) is 14.3. The largest absolute Gasteiger partial charge is 0.0890 e. The van der Waals surface area contributed by atoms with E-state index in [9.17, 15) is 0 Å². The van der Waals surface area contributed by atoms with Gasteiger partial charge in [0.1, 0.15) is 0 Å². The zero-order chi connectivity index (χ0) is 42.4. The van der Waals surface area contributed by atoms with E-state index in [1.165, 1.54) is 51.8 Å². The van der Waals surface area contributed by atoms with Crippen LogP contribution in [0.15, 0.2) is 60.7 Å². The van der Waals surface area contributed by atoms with Crippen LogP contribution in [0.3, 0.4) is 0 Å². The van der Waals surface area contributed by atoms with Crippen LogP contribution in [0.1, 0.15) is 231 Å². The lowest BCUT2D eigenvalue weighted by Crippen LogP contribution is -2.47. The topological polar surface area (TPSA) is 0 Å². The van der Waals surface area contributed by atoms with Crippen LogP contribution in [0.5, 0.6) is 0 Å². The lowest BCUT2D eigenvalue weighted by molar-refractivity contribution is 0.554. The molecule has 2 heteroatoms. The summed E-state index contributed by atoms with van der Waals surface area (Å²) in [6, 6.07) is 15.4. The molecule has 304 valence electrons. The summed E-state index contributed by atoms with van der Waals surface area (Å²) in [7, 11) is -0.143. The molecule has 3 aromatic rings. The van der Waals surface area contributed by atoms with Crippen LogP contribution in [-0.2, 0) is 16.2 Å². The van der Waals surface area contributed by atoms with Gasteiger partial charge in [0, 0.05) is 10.6 Å². The van der Waals surface area contributed by atoms with Crippen LogP contribution in [-0.4, -0.2) is 18.9 Å². The summed E-state index contributed by atoms with van der Waals surface area (Å²) in [5, 5.41) is 7.64. The fourth-order valence-electron chi connectivity index (χ4n) is 8.07. The van der Waals surface area contributed by atoms with Gasteiger partial charge in [-0.2, -0.15) is 0 Å². The summed E-state index contributed by atoms with van der Waals surface area (Å²) in [5.41, 5.74) is 13.7. The first-order valence-corrected chi connectivity index (χ1v) is 24.3. The smallest absolute Gasteiger partial charge is 0.0598 e. The molecule has 0 aliphatic heterocycles. The standard InChI is InChI=1S/C54H79PSi/c1-32(2)38-26-43(34(5)6)50(44(27-38)35(7)8)56(51-45(36(9)10)28-39(33(3)4)29-46(51)37(11)12)42-24-22-41(23-25-42)55-49-47(53(16,17)18)30-40(52(13,14)15)31-48(49)54(19,20)21/h22-37H,1-21H3. The SMILES string of the molecule is CC(C)c1cc(C(C)C)c([Si](=C2C=CC(=Pc3c(C(C)(C)C)cc(C(C)(C)C)cc3C(C)(C)C)C=C2)c2c(C(C)C)cc(C(C)C)cc2C(C)C)c(C(C)C)c1. The number of benzene rings is 3. The summed E-state index contributed by atoms with van der Waals surface area (Å²) in [6.07, 6.45) is 10.1. The second-order valence-corrected chi connectivity index (χ2v) is 25.3. The molecule has 3 aromatic carbocycles. The average Bonchev–Trinajstić information content (AvgIpc) is 3.06. The molecule has 0 saturated carbocycles. The number of hydrogen-bond donors (Lipinski definition) is 0. The highest BCUT2D eigenvalue weighted by Crippen LogP contribution is 2.36. The molecule has 56 heavy (non-hydrogen) atoms. The highest BCUT2D eigenvalue weighted by atomic mass is 31.1. The molecule has 1 aliphatic carbocycles. The van der Waals surface area contributed by atoms with E-state index in [0.29, 0.717) is 35.5 Å². The molecular weight excluding hydrogens is 708 g/mol. The molecule has 0 atom stereocenters. The van der Waals surface area contributed by atoms with E-state index in [1.54, 1.807) is 32.6 Å². The first-order valence-electron chi connectivity index (χ1n) is 21.9. The van der Waals surface area contributed by atoms with Crippen molar-refractivity contribution < 1.29 is 0 Å². The maximum atomic E-state index is 2.59. The second-order valence-electron chi connectivity index (χ2n) is 21.8. The second kappa shape index (κ2) is 17.3. The van der Waals surface area contributed by atoms with Crippen molar-refractivity contribution in [1.29, 1.82) is 0 Å². The van der Waals surface area contributed by atoms with Crippen LogP contribution in [0.4, 0.5) is 0 Å². The maximum Gasteiger partial charge on any atom is 0.0890 e. The van der Waals surface area contributed by atoms with Gasteiger partial charge in [-0.3, -0.25) is 0 Å². The van der Waals surface area contributed by atoms with Gasteiger partial charge in [-0.05, 0) is 117 Å². The first-order chi connectivity index (χ1) is 25.6. The first kappa shape index (κ1) is 46.1. The molecule has 0 saturated heterocycles. The Hall–Kier alpha value is -2.60. The van der Waals surface area contributed by atoms with Crippen molar-refractivity contribution in [3.8, 4) is 0 Å². The Morgan fingerprint density at radius 2 is 0.732 bits per heavy atom. The van der Waals surface area contributed by atoms with Crippen molar-refractivity contribution in [3.05, 3.63) is 111 Å². The van der Waals surface area contributed by atoms with Gasteiger partial charge in [-0.25, -0.2) is 0 Å². The molecule has 0 fully saturated rings. The summed E-state index contributed by atoms with van der Waals surface area (Å²) in [4.78, 5) is 0. The van der Waals surface area contributed by atoms with Crippen molar-refractivity contribution in [2.75, 3.05) is 0 Å². The minimum atomic E-state index is -1.43. The zero-order valence-corrected chi connectivity index (χ0v) is 41.6. The van der Waals surface area contributed by atoms with E-state index >= 15 is 0 Å². The molecule has 4 rings (SSSR count). The van der Waals surface area contributed by atoms with E-state index in [-0.39, 0.29) is 16.2 Å². The average molecular weight is 787 g/mol. The minimum Gasteiger partial charge on any atom is -0.0598 e. The normalized spacial score (nSPS) is 14.3. The van der Waals surface area contributed by atoms with Gasteiger partial charge in [0.2, 0.25) is 0 Å². The quantitative estimate of drug-likeness (QED) is 0.150. The van der Waals surface area contributed by atoms with Gasteiger partial charge in [0.15, 0.2) is 0 Å². The van der Waals surface area contributed by atoms with Crippen LogP contribution in [0.2, 0.25) is 0 Å². The Morgan fingerprint density at radius 3 is 0.982 bits per heavy atom. The lowest BCUT2D eigenvalue weighted by atomic mass is 9.75. The van der Waals surface area contributed by atoms with E-state index in [0.717, 1.165) is 0 Å². The Kier molecular flexibility index (Phi) is 14.3. The minimum absolute atomic E-state index is 0.0327. The zero-order valence-electron chi connectivity index (χ0n) is 39.7. The molecule has 0 bridgehead atoms. The maximum absolute atomic E-state index is 2.59. The van der Waals surface area contributed by atoms with Crippen LogP contribution >= 0.6 is 8.20 Å². The lowest BCUT2D eigenvalue weighted by Gasteiger charge is -2.32. The Bertz CT molecular complexity index is 1840. The Balaban J connectivity index is 2.20. The van der Waals surface area contributed by atoms with Crippen molar-refractivity contribution >= 4 is 42.8 Å². The van der Waals surface area contributed by atoms with Gasteiger partial charge in [-0.1, -0.05) is 214 Å². The van der Waals surface area contributed by atoms with Gasteiger partial charge in [0.05, 0.1) is 8.41 Å². The van der Waals surface area contributed by atoms with Gasteiger partial charge in [-0.15, -0.1) is 0 Å². The third kappa shape index (κ3) is 10.2. The van der Waals surface area contributed by atoms with Gasteiger partial charge < -0.3 is 0 Å². The summed E-state index contributed by atoms with van der Waals surface area (Å²) >= 11 is 0. The number of rotatable bonds is 9. The Labute approximate surface area is 349 Å². The molecule has 0 heterocycles. The van der Waals surface area contributed by atoms with E-state index in [4.69, 9.17) is 0 Å². The Morgan fingerprint density at radius 1 is 0.411 bits per heavy atom. The number of hydrogen-bond acceptors (Lipinski definition) is 0. The molecule has 0 N–H and O–H groups in total. The summed E-state index contributed by atoms with van der Waals surface area (Å²) < 4.78 is 0. The van der Waals surface area contributed by atoms with Crippen LogP contribution < -0.4 is 15.7 Å². The van der Waals surface area contributed by atoms with Crippen LogP contribution in [0, 0.1) is 0 Å². The van der Waals surface area contributed by atoms with Gasteiger partial charge >= 0.3 is 0 Å². The molecule has 0 radical (unpaired) electrons. The molecule has 0 spiro atoms. The summed E-state index contributed by atoms with van der Waals surface area (Å²) in [5.74, 6) is 2.71. The fourth-order valence-corrected chi connectivity index (χ4v) is 13.6. The molecular formula is C54H79PSi. The number of allylic oxidation sites excluding steroid dienone is 4. The molecule has 0 amide bonds. The monoisotopic (exact) mass is 787 g/mol. The van der Waals surface area contributed by atoms with E-state index in [1.807, 2.05) is 0 Å². The predicted molar refractivity (Wildman–Crippen MR) is 260 cm³/mol. The molecule has 0 unspecified atom stereocenters. The van der Waals surface area contributed by atoms with Crippen molar-refractivity contribution in [1.82, 2.24) is 0 Å². The molecule has 0 aromatic heterocycles. The third-order valence-corrected chi connectivity index (χ3v) is 16.1. The highest BCUT2D eigenvalue weighted by Gasteiger charge is 2.31. The molecule has 1 aliphatic rings. The van der Waals surface area contributed by atoms with Crippen molar-refractivity contribution in [3.63, 3.8) is 0 Å². The third-order valence-electron chi connectivity index (χ3n) is 11.8. The van der Waals surface area contributed by atoms with Crippen molar-refractivity contribution in [2.45, 2.75) is 197 Å². The van der Waals surface area contributed by atoms with Gasteiger partial charge in [0.25, 0.3) is 0 Å². The van der Waals surface area contributed by atoms with Crippen molar-refractivity contribution in [2.24, 2.45) is 0 Å². The molecule has 0 nitrogen and oxygen atoms in total. The highest BCUT2D eigenvalue weighted by molar-refractivity contribution is 7.50. The van der Waals surface area contributed by atoms with E-state index in [2.05, 4.69) is 206 Å². The van der Waals surface area contributed by atoms with E-state index < -0.39 is 8.41 Å². The fraction of sp³-hybridized carbons (Fsp3) is 0.556. The summed E-state index contributed by atoms with van der Waals surface area (Å²) in [6.45, 7) is 50.3.